The van der Waals surface area contributed by atoms with Gasteiger partial charge in [0.25, 0.3) is 5.91 Å². The van der Waals surface area contributed by atoms with Gasteiger partial charge in [0, 0.05) is 5.69 Å². The number of amides is 1. The van der Waals surface area contributed by atoms with E-state index < -0.39 is 0 Å². The molecule has 92 valence electrons. The standard InChI is InChI=1S/C11H6N6OS/c12-5-7-2-1-3-8(4-7)14-9(18)10-16-17-6-13-15-11(17)19-10/h1-4,6H,(H,14,18). The van der Waals surface area contributed by atoms with E-state index in [1.807, 2.05) is 6.07 Å². The summed E-state index contributed by atoms with van der Waals surface area (Å²) < 4.78 is 1.44. The van der Waals surface area contributed by atoms with Gasteiger partial charge >= 0.3 is 0 Å². The fourth-order valence-electron chi connectivity index (χ4n) is 1.50. The quantitative estimate of drug-likeness (QED) is 0.757. The van der Waals surface area contributed by atoms with Crippen molar-refractivity contribution in [2.24, 2.45) is 0 Å². The average Bonchev–Trinajstić information content (AvgIpc) is 2.99. The molecule has 0 saturated carbocycles. The molecule has 19 heavy (non-hydrogen) atoms. The van der Waals surface area contributed by atoms with Crippen LogP contribution in [0.1, 0.15) is 15.4 Å². The highest BCUT2D eigenvalue weighted by Gasteiger charge is 2.13. The number of rotatable bonds is 2. The van der Waals surface area contributed by atoms with Crippen LogP contribution in [0.15, 0.2) is 30.6 Å². The molecule has 0 aliphatic carbocycles. The van der Waals surface area contributed by atoms with Gasteiger partial charge in [-0.05, 0) is 18.2 Å². The summed E-state index contributed by atoms with van der Waals surface area (Å²) in [4.78, 5) is 12.5. The van der Waals surface area contributed by atoms with Crippen molar-refractivity contribution in [2.75, 3.05) is 5.32 Å². The minimum Gasteiger partial charge on any atom is -0.320 e. The van der Waals surface area contributed by atoms with Gasteiger partial charge in [0.1, 0.15) is 6.33 Å². The fraction of sp³-hybridized carbons (Fsp3) is 0. The zero-order chi connectivity index (χ0) is 13.2. The summed E-state index contributed by atoms with van der Waals surface area (Å²) in [5.41, 5.74) is 1.03. The summed E-state index contributed by atoms with van der Waals surface area (Å²) in [5, 5.41) is 23.3. The van der Waals surface area contributed by atoms with Crippen LogP contribution in [0.25, 0.3) is 4.96 Å². The van der Waals surface area contributed by atoms with E-state index in [0.29, 0.717) is 16.2 Å². The molecule has 0 unspecified atom stereocenters. The molecule has 0 spiro atoms. The molecule has 1 amide bonds. The van der Waals surface area contributed by atoms with Crippen LogP contribution in [-0.4, -0.2) is 25.7 Å². The predicted molar refractivity (Wildman–Crippen MR) is 67.8 cm³/mol. The third-order valence-electron chi connectivity index (χ3n) is 2.33. The lowest BCUT2D eigenvalue weighted by Gasteiger charge is -2.02. The van der Waals surface area contributed by atoms with Gasteiger partial charge in [-0.15, -0.1) is 15.3 Å². The normalized spacial score (nSPS) is 10.3. The molecule has 0 atom stereocenters. The Morgan fingerprint density at radius 1 is 1.47 bits per heavy atom. The van der Waals surface area contributed by atoms with Gasteiger partial charge in [0.05, 0.1) is 11.6 Å². The first-order valence-electron chi connectivity index (χ1n) is 5.24. The first-order valence-corrected chi connectivity index (χ1v) is 6.06. The van der Waals surface area contributed by atoms with E-state index >= 15 is 0 Å². The molecule has 0 aliphatic heterocycles. The van der Waals surface area contributed by atoms with Gasteiger partial charge in [-0.25, -0.2) is 0 Å². The molecule has 0 fully saturated rings. The van der Waals surface area contributed by atoms with Crippen molar-refractivity contribution in [1.82, 2.24) is 19.8 Å². The Morgan fingerprint density at radius 2 is 2.37 bits per heavy atom. The van der Waals surface area contributed by atoms with E-state index in [1.54, 1.807) is 24.3 Å². The molecule has 0 bridgehead atoms. The lowest BCUT2D eigenvalue weighted by atomic mass is 10.2. The molecule has 0 radical (unpaired) electrons. The SMILES string of the molecule is N#Cc1cccc(NC(=O)c2nn3cnnc3s2)c1. The van der Waals surface area contributed by atoms with Crippen LogP contribution in [0, 0.1) is 11.3 Å². The van der Waals surface area contributed by atoms with Gasteiger partial charge in [0.15, 0.2) is 0 Å². The van der Waals surface area contributed by atoms with Gasteiger partial charge < -0.3 is 5.32 Å². The first kappa shape index (κ1) is 11.3. The lowest BCUT2D eigenvalue weighted by molar-refractivity contribution is 0.102. The number of nitriles is 1. The second-order valence-electron chi connectivity index (χ2n) is 3.61. The van der Waals surface area contributed by atoms with Crippen LogP contribution in [0.4, 0.5) is 5.69 Å². The third kappa shape index (κ3) is 2.14. The summed E-state index contributed by atoms with van der Waals surface area (Å²) in [6, 6.07) is 8.68. The first-order chi connectivity index (χ1) is 9.26. The predicted octanol–water partition coefficient (Wildman–Crippen LogP) is 1.31. The highest BCUT2D eigenvalue weighted by atomic mass is 32.1. The molecule has 1 N–H and O–H groups in total. The number of anilines is 1. The molecule has 7 nitrogen and oxygen atoms in total. The second-order valence-corrected chi connectivity index (χ2v) is 4.57. The maximum absolute atomic E-state index is 12.0. The van der Waals surface area contributed by atoms with Crippen molar-refractivity contribution in [2.45, 2.75) is 0 Å². The summed E-state index contributed by atoms with van der Waals surface area (Å²) in [7, 11) is 0. The molecule has 1 aromatic carbocycles. The average molecular weight is 270 g/mol. The number of hydrogen-bond acceptors (Lipinski definition) is 6. The van der Waals surface area contributed by atoms with E-state index in [4.69, 9.17) is 5.26 Å². The summed E-state index contributed by atoms with van der Waals surface area (Å²) >= 11 is 1.14. The van der Waals surface area contributed by atoms with Crippen LogP contribution >= 0.6 is 11.3 Å². The molecule has 0 aliphatic rings. The number of carbonyl (C=O) groups is 1. The monoisotopic (exact) mass is 270 g/mol. The van der Waals surface area contributed by atoms with Crippen molar-refractivity contribution in [1.29, 1.82) is 5.26 Å². The minimum absolute atomic E-state index is 0.285. The number of aromatic nitrogens is 4. The molecule has 0 saturated heterocycles. The highest BCUT2D eigenvalue weighted by Crippen LogP contribution is 2.15. The maximum atomic E-state index is 12.0. The molecule has 2 heterocycles. The number of nitrogens with one attached hydrogen (secondary N) is 1. The summed E-state index contributed by atoms with van der Waals surface area (Å²) in [5.74, 6) is -0.342. The molecule has 2 aromatic heterocycles. The Hall–Kier alpha value is -2.79. The van der Waals surface area contributed by atoms with Crippen molar-refractivity contribution in [3.05, 3.63) is 41.2 Å². The number of fused-ring (bicyclic) bond motifs is 1. The van der Waals surface area contributed by atoms with E-state index in [2.05, 4.69) is 20.6 Å². The largest absolute Gasteiger partial charge is 0.320 e. The second kappa shape index (κ2) is 4.47. The van der Waals surface area contributed by atoms with Crippen molar-refractivity contribution in [3.8, 4) is 6.07 Å². The summed E-state index contributed by atoms with van der Waals surface area (Å²) in [6.07, 6.45) is 1.43. The molecular formula is C11H6N6OS. The van der Waals surface area contributed by atoms with Crippen LogP contribution in [0.5, 0.6) is 0 Å². The van der Waals surface area contributed by atoms with Gasteiger partial charge in [0.2, 0.25) is 9.97 Å². The summed E-state index contributed by atoms with van der Waals surface area (Å²) in [6.45, 7) is 0. The van der Waals surface area contributed by atoms with Crippen molar-refractivity contribution >= 4 is 27.9 Å². The number of hydrogen-bond donors (Lipinski definition) is 1. The minimum atomic E-state index is -0.342. The highest BCUT2D eigenvalue weighted by molar-refractivity contribution is 7.18. The van der Waals surface area contributed by atoms with E-state index in [1.165, 1.54) is 10.8 Å². The smallest absolute Gasteiger partial charge is 0.286 e. The molecule has 3 rings (SSSR count). The Bertz CT molecular complexity index is 770. The number of carbonyl (C=O) groups excluding carboxylic acids is 1. The van der Waals surface area contributed by atoms with E-state index in [9.17, 15) is 4.79 Å². The Morgan fingerprint density at radius 3 is 3.16 bits per heavy atom. The van der Waals surface area contributed by atoms with Crippen LogP contribution in [0.3, 0.4) is 0 Å². The van der Waals surface area contributed by atoms with Crippen molar-refractivity contribution in [3.63, 3.8) is 0 Å². The van der Waals surface area contributed by atoms with Gasteiger partial charge in [-0.2, -0.15) is 9.78 Å². The van der Waals surface area contributed by atoms with Gasteiger partial charge in [-0.3, -0.25) is 4.79 Å². The molecule has 8 heteroatoms. The maximum Gasteiger partial charge on any atom is 0.286 e. The lowest BCUT2D eigenvalue weighted by Crippen LogP contribution is -2.12. The Kier molecular flexibility index (Phi) is 2.66. The van der Waals surface area contributed by atoms with E-state index in [0.717, 1.165) is 11.3 Å². The third-order valence-corrected chi connectivity index (χ3v) is 3.24. The molecule has 3 aromatic rings. The van der Waals surface area contributed by atoms with Crippen LogP contribution in [0.2, 0.25) is 0 Å². The fourth-order valence-corrected chi connectivity index (χ4v) is 2.22. The zero-order valence-electron chi connectivity index (χ0n) is 9.44. The van der Waals surface area contributed by atoms with Crippen LogP contribution in [-0.2, 0) is 0 Å². The van der Waals surface area contributed by atoms with Crippen molar-refractivity contribution < 1.29 is 4.79 Å². The topological polar surface area (TPSA) is 96.0 Å². The van der Waals surface area contributed by atoms with E-state index in [-0.39, 0.29) is 10.9 Å². The zero-order valence-corrected chi connectivity index (χ0v) is 10.3. The number of benzene rings is 1. The Balaban J connectivity index is 1.84. The molecular weight excluding hydrogens is 264 g/mol. The Labute approximate surface area is 111 Å². The van der Waals surface area contributed by atoms with Gasteiger partial charge in [-0.1, -0.05) is 17.4 Å². The number of nitrogens with zero attached hydrogens (tertiary/aromatic N) is 5. The van der Waals surface area contributed by atoms with Crippen LogP contribution < -0.4 is 5.32 Å².